The largest absolute Gasteiger partial charge is 0.494 e. The number of hydrogen-bond acceptors (Lipinski definition) is 5. The van der Waals surface area contributed by atoms with Crippen LogP contribution in [0.3, 0.4) is 0 Å². The Kier molecular flexibility index (Phi) is 8.96. The van der Waals surface area contributed by atoms with Gasteiger partial charge in [-0.05, 0) is 54.5 Å². The molecule has 10 heteroatoms. The molecule has 1 aromatic heterocycles. The van der Waals surface area contributed by atoms with Gasteiger partial charge < -0.3 is 9.64 Å². The summed E-state index contributed by atoms with van der Waals surface area (Å²) in [6.45, 7) is 3.49. The third kappa shape index (κ3) is 7.10. The second kappa shape index (κ2) is 12.6. The van der Waals surface area contributed by atoms with Gasteiger partial charge in [0.2, 0.25) is 0 Å². The van der Waals surface area contributed by atoms with Gasteiger partial charge >= 0.3 is 0 Å². The molecule has 3 aromatic rings. The summed E-state index contributed by atoms with van der Waals surface area (Å²) in [5, 5.41) is 3.72. The molecule has 200 valence electrons. The van der Waals surface area contributed by atoms with Crippen molar-refractivity contribution in [2.75, 3.05) is 39.3 Å². The van der Waals surface area contributed by atoms with E-state index in [1.807, 2.05) is 0 Å². The van der Waals surface area contributed by atoms with Gasteiger partial charge in [-0.2, -0.15) is 5.10 Å². The predicted octanol–water partition coefficient (Wildman–Crippen LogP) is 4.62. The lowest BCUT2D eigenvalue weighted by Gasteiger charge is -2.34. The van der Waals surface area contributed by atoms with E-state index in [9.17, 15) is 22.8 Å². The summed E-state index contributed by atoms with van der Waals surface area (Å²) >= 11 is 0. The first kappa shape index (κ1) is 27.1. The highest BCUT2D eigenvalue weighted by atomic mass is 19.3. The van der Waals surface area contributed by atoms with E-state index in [1.165, 1.54) is 36.1 Å². The molecule has 1 fully saturated rings. The van der Waals surface area contributed by atoms with E-state index in [4.69, 9.17) is 4.74 Å². The highest BCUT2D eigenvalue weighted by Crippen LogP contribution is 2.23. The van der Waals surface area contributed by atoms with Gasteiger partial charge in [-0.1, -0.05) is 18.2 Å². The summed E-state index contributed by atoms with van der Waals surface area (Å²) in [5.41, 5.74) is 0.745. The van der Waals surface area contributed by atoms with Gasteiger partial charge in [-0.25, -0.2) is 13.2 Å². The maximum Gasteiger partial charge on any atom is 0.282 e. The first-order chi connectivity index (χ1) is 18.3. The fraction of sp³-hybridized carbons (Fsp3) is 0.321. The van der Waals surface area contributed by atoms with Crippen molar-refractivity contribution in [1.82, 2.24) is 19.6 Å². The van der Waals surface area contributed by atoms with Crippen molar-refractivity contribution >= 4 is 17.8 Å². The van der Waals surface area contributed by atoms with Crippen LogP contribution in [0.5, 0.6) is 5.75 Å². The first-order valence-corrected chi connectivity index (χ1v) is 12.3. The minimum Gasteiger partial charge on any atom is -0.494 e. The number of hydrogen-bond donors (Lipinski definition) is 0. The van der Waals surface area contributed by atoms with Gasteiger partial charge in [-0.15, -0.1) is 0 Å². The topological polar surface area (TPSA) is 67.7 Å². The number of benzene rings is 2. The number of nitrogens with zero attached hydrogens (tertiary/aromatic N) is 4. The van der Waals surface area contributed by atoms with Crippen molar-refractivity contribution in [2.45, 2.75) is 12.8 Å². The number of allylic oxidation sites excluding steroid dienone is 1. The Morgan fingerprint density at radius 1 is 1.03 bits per heavy atom. The fourth-order valence-corrected chi connectivity index (χ4v) is 4.21. The van der Waals surface area contributed by atoms with Crippen LogP contribution in [-0.4, -0.2) is 70.6 Å². The van der Waals surface area contributed by atoms with Crippen LogP contribution in [0.4, 0.5) is 13.2 Å². The normalized spacial score (nSPS) is 14.4. The molecule has 0 saturated carbocycles. The molecule has 7 nitrogen and oxygen atoms in total. The predicted molar refractivity (Wildman–Crippen MR) is 137 cm³/mol. The first-order valence-electron chi connectivity index (χ1n) is 12.3. The van der Waals surface area contributed by atoms with Gasteiger partial charge in [-0.3, -0.25) is 19.2 Å². The monoisotopic (exact) mass is 526 g/mol. The molecule has 38 heavy (non-hydrogen) atoms. The lowest BCUT2D eigenvalue weighted by atomic mass is 10.1. The Balaban J connectivity index is 1.16. The molecule has 0 aliphatic carbocycles. The highest BCUT2D eigenvalue weighted by Gasteiger charge is 2.28. The van der Waals surface area contributed by atoms with Crippen LogP contribution in [0.15, 0.2) is 60.8 Å². The number of aromatic nitrogens is 2. The SMILES string of the molecule is Cn1cc(C(=O)N2CCN(CCCOc3ccc(C(=O)/C=C/c4ccc(F)cc4)cc3)CC2)c(C(F)F)n1. The van der Waals surface area contributed by atoms with Gasteiger partial charge in [0, 0.05) is 51.5 Å². The van der Waals surface area contributed by atoms with Crippen molar-refractivity contribution in [1.29, 1.82) is 0 Å². The van der Waals surface area contributed by atoms with Crippen molar-refractivity contribution < 1.29 is 27.5 Å². The fourth-order valence-electron chi connectivity index (χ4n) is 4.21. The number of carbonyl (C=O) groups is 2. The van der Waals surface area contributed by atoms with Crippen molar-refractivity contribution in [2.24, 2.45) is 7.05 Å². The van der Waals surface area contributed by atoms with Crippen LogP contribution in [0.1, 0.15) is 44.8 Å². The van der Waals surface area contributed by atoms with Crippen molar-refractivity contribution in [3.8, 4) is 5.75 Å². The summed E-state index contributed by atoms with van der Waals surface area (Å²) in [7, 11) is 1.52. The molecule has 0 atom stereocenters. The third-order valence-corrected chi connectivity index (χ3v) is 6.28. The molecule has 2 heterocycles. The molecular weight excluding hydrogens is 497 g/mol. The number of rotatable bonds is 10. The molecule has 0 unspecified atom stereocenters. The van der Waals surface area contributed by atoms with Gasteiger partial charge in [0.25, 0.3) is 12.3 Å². The molecule has 1 amide bonds. The molecule has 2 aromatic carbocycles. The molecule has 1 aliphatic heterocycles. The zero-order chi connectivity index (χ0) is 27.1. The van der Waals surface area contributed by atoms with E-state index >= 15 is 0 Å². The minimum absolute atomic E-state index is 0.0408. The Labute approximate surface area is 219 Å². The second-order valence-electron chi connectivity index (χ2n) is 9.01. The zero-order valence-electron chi connectivity index (χ0n) is 21.0. The Bertz CT molecular complexity index is 1270. The second-order valence-corrected chi connectivity index (χ2v) is 9.01. The molecule has 0 bridgehead atoms. The Hall–Kier alpha value is -3.92. The third-order valence-electron chi connectivity index (χ3n) is 6.28. The maximum atomic E-state index is 13.2. The molecule has 1 saturated heterocycles. The van der Waals surface area contributed by atoms with Crippen LogP contribution >= 0.6 is 0 Å². The zero-order valence-corrected chi connectivity index (χ0v) is 21.0. The van der Waals surface area contributed by atoms with E-state index in [0.717, 1.165) is 18.5 Å². The van der Waals surface area contributed by atoms with Crippen molar-refractivity contribution in [3.05, 3.63) is 89.0 Å². The van der Waals surface area contributed by atoms with Crippen LogP contribution in [0, 0.1) is 5.82 Å². The lowest BCUT2D eigenvalue weighted by molar-refractivity contribution is 0.0620. The number of halogens is 3. The van der Waals surface area contributed by atoms with E-state index < -0.39 is 18.0 Å². The van der Waals surface area contributed by atoms with Gasteiger partial charge in [0.1, 0.15) is 17.3 Å². The molecule has 4 rings (SSSR count). The molecule has 0 radical (unpaired) electrons. The smallest absolute Gasteiger partial charge is 0.282 e. The minimum atomic E-state index is -2.79. The van der Waals surface area contributed by atoms with Gasteiger partial charge in [0.05, 0.1) is 12.2 Å². The van der Waals surface area contributed by atoms with Crippen LogP contribution in [0.25, 0.3) is 6.08 Å². The number of amides is 1. The molecule has 0 N–H and O–H groups in total. The number of piperazine rings is 1. The Morgan fingerprint density at radius 3 is 2.37 bits per heavy atom. The van der Waals surface area contributed by atoms with Gasteiger partial charge in [0.15, 0.2) is 5.78 Å². The summed E-state index contributed by atoms with van der Waals surface area (Å²) in [6, 6.07) is 12.8. The quantitative estimate of drug-likeness (QED) is 0.219. The lowest BCUT2D eigenvalue weighted by Crippen LogP contribution is -2.49. The van der Waals surface area contributed by atoms with Crippen LogP contribution in [0.2, 0.25) is 0 Å². The van der Waals surface area contributed by atoms with E-state index in [2.05, 4.69) is 10.00 Å². The van der Waals surface area contributed by atoms with Crippen LogP contribution in [-0.2, 0) is 7.05 Å². The van der Waals surface area contributed by atoms with E-state index in [0.29, 0.717) is 44.1 Å². The summed E-state index contributed by atoms with van der Waals surface area (Å²) in [5.74, 6) is -0.241. The number of carbonyl (C=O) groups excluding carboxylic acids is 2. The number of aryl methyl sites for hydroxylation is 1. The van der Waals surface area contributed by atoms with E-state index in [1.54, 1.807) is 47.4 Å². The molecular formula is C28H29F3N4O3. The average Bonchev–Trinajstić information content (AvgIpc) is 3.33. The maximum absolute atomic E-state index is 13.2. The number of alkyl halides is 2. The number of ether oxygens (including phenoxy) is 1. The summed E-state index contributed by atoms with van der Waals surface area (Å²) in [4.78, 5) is 28.9. The standard InChI is InChI=1S/C28H29F3N4O3/c1-33-19-24(26(32-33)27(30)31)28(37)35-16-14-34(15-17-35)13-2-18-38-23-10-6-21(7-11-23)25(36)12-5-20-3-8-22(29)9-4-20/h3-12,19,27H,2,13-18H2,1H3/b12-5+. The molecule has 0 spiro atoms. The summed E-state index contributed by atoms with van der Waals surface area (Å²) < 4.78 is 46.4. The average molecular weight is 527 g/mol. The van der Waals surface area contributed by atoms with E-state index in [-0.39, 0.29) is 17.2 Å². The number of ketones is 1. The Morgan fingerprint density at radius 2 is 1.71 bits per heavy atom. The van der Waals surface area contributed by atoms with Crippen molar-refractivity contribution in [3.63, 3.8) is 0 Å². The summed E-state index contributed by atoms with van der Waals surface area (Å²) in [6.07, 6.45) is 2.41. The highest BCUT2D eigenvalue weighted by molar-refractivity contribution is 6.06. The molecule has 1 aliphatic rings. The van der Waals surface area contributed by atoms with Crippen LogP contribution < -0.4 is 4.74 Å².